The highest BCUT2D eigenvalue weighted by Crippen LogP contribution is 2.55. The van der Waals surface area contributed by atoms with E-state index in [0.29, 0.717) is 17.0 Å². The molecule has 3 atom stereocenters. The number of furan rings is 1. The third kappa shape index (κ3) is 3.00. The first-order valence-electron chi connectivity index (χ1n) is 11.5. The lowest BCUT2D eigenvalue weighted by Crippen LogP contribution is -2.60. The van der Waals surface area contributed by atoms with Gasteiger partial charge in [0, 0.05) is 7.05 Å². The van der Waals surface area contributed by atoms with Crippen LogP contribution in [0.15, 0.2) is 107 Å². The summed E-state index contributed by atoms with van der Waals surface area (Å²) in [4.78, 5) is 25.9. The Balaban J connectivity index is 1.65. The molecule has 1 spiro atoms. The van der Waals surface area contributed by atoms with Crippen molar-refractivity contribution in [3.63, 3.8) is 0 Å². The molecule has 1 aromatic heterocycles. The maximum absolute atomic E-state index is 14.6. The van der Waals surface area contributed by atoms with Gasteiger partial charge < -0.3 is 9.15 Å². The second-order valence-corrected chi connectivity index (χ2v) is 8.80. The van der Waals surface area contributed by atoms with Gasteiger partial charge >= 0.3 is 5.69 Å². The fraction of sp³-hybridized carbons (Fsp3) is 0.143. The zero-order valence-electron chi connectivity index (χ0n) is 19.3. The Kier molecular flexibility index (Phi) is 4.96. The summed E-state index contributed by atoms with van der Waals surface area (Å²) < 4.78 is 12.2. The SMILES string of the molecule is CN1N=C(c2occc2[N+](=O)[O-])[C@@H](c2ccccc2)C12C(=O)c1ccccc1O[C@H]2c1ccccc1. The minimum absolute atomic E-state index is 0.0241. The molecule has 0 N–H and O–H groups in total. The van der Waals surface area contributed by atoms with Crippen molar-refractivity contribution < 1.29 is 18.9 Å². The van der Waals surface area contributed by atoms with Gasteiger partial charge in [0.25, 0.3) is 0 Å². The number of Topliss-reactive ketones (excluding diaryl/α,β-unsaturated/α-hetero) is 1. The minimum Gasteiger partial charge on any atom is -0.482 e. The molecule has 36 heavy (non-hydrogen) atoms. The van der Waals surface area contributed by atoms with Crippen LogP contribution in [0.5, 0.6) is 5.75 Å². The third-order valence-corrected chi connectivity index (χ3v) is 6.96. The first-order valence-corrected chi connectivity index (χ1v) is 11.5. The molecule has 178 valence electrons. The van der Waals surface area contributed by atoms with Gasteiger partial charge in [-0.15, -0.1) is 0 Å². The van der Waals surface area contributed by atoms with E-state index in [1.54, 1.807) is 30.3 Å². The van der Waals surface area contributed by atoms with Gasteiger partial charge in [0.2, 0.25) is 5.76 Å². The minimum atomic E-state index is -1.37. The van der Waals surface area contributed by atoms with Crippen molar-refractivity contribution in [3.8, 4) is 5.75 Å². The quantitative estimate of drug-likeness (QED) is 0.288. The smallest absolute Gasteiger partial charge is 0.316 e. The van der Waals surface area contributed by atoms with Crippen molar-refractivity contribution in [1.29, 1.82) is 0 Å². The van der Waals surface area contributed by atoms with Crippen LogP contribution in [-0.4, -0.2) is 34.0 Å². The number of carbonyl (C=O) groups excluding carboxylic acids is 1. The fourth-order valence-corrected chi connectivity index (χ4v) is 5.43. The summed E-state index contributed by atoms with van der Waals surface area (Å²) in [5, 5.41) is 18.2. The van der Waals surface area contributed by atoms with E-state index < -0.39 is 22.5 Å². The Morgan fingerprint density at radius 1 is 0.917 bits per heavy atom. The van der Waals surface area contributed by atoms with Crippen molar-refractivity contribution >= 4 is 17.2 Å². The van der Waals surface area contributed by atoms with Gasteiger partial charge in [-0.3, -0.25) is 19.9 Å². The molecular formula is C28H21N3O5. The molecule has 0 aliphatic carbocycles. The molecule has 2 aliphatic heterocycles. The van der Waals surface area contributed by atoms with Crippen LogP contribution in [0, 0.1) is 10.1 Å². The van der Waals surface area contributed by atoms with Crippen LogP contribution < -0.4 is 4.74 Å². The van der Waals surface area contributed by atoms with Crippen LogP contribution in [0.3, 0.4) is 0 Å². The number of hydrazone groups is 1. The lowest BCUT2D eigenvalue weighted by atomic mass is 9.66. The lowest BCUT2D eigenvalue weighted by Gasteiger charge is -2.47. The zero-order chi connectivity index (χ0) is 24.9. The van der Waals surface area contributed by atoms with E-state index in [4.69, 9.17) is 14.3 Å². The molecule has 8 nitrogen and oxygen atoms in total. The largest absolute Gasteiger partial charge is 0.482 e. The highest BCUT2D eigenvalue weighted by molar-refractivity contribution is 6.17. The normalized spacial score (nSPS) is 22.8. The molecule has 3 aromatic carbocycles. The summed E-state index contributed by atoms with van der Waals surface area (Å²) in [6.45, 7) is 0. The fourth-order valence-electron chi connectivity index (χ4n) is 5.43. The molecule has 1 unspecified atom stereocenters. The number of ketones is 1. The van der Waals surface area contributed by atoms with Crippen LogP contribution in [0.1, 0.15) is 39.3 Å². The first-order chi connectivity index (χ1) is 17.5. The average Bonchev–Trinajstić information content (AvgIpc) is 3.51. The number of fused-ring (bicyclic) bond motifs is 1. The third-order valence-electron chi connectivity index (χ3n) is 6.96. The number of ether oxygens (including phenoxy) is 1. The molecule has 0 bridgehead atoms. The number of benzene rings is 3. The van der Waals surface area contributed by atoms with Crippen molar-refractivity contribution in [1.82, 2.24) is 5.01 Å². The van der Waals surface area contributed by atoms with Crippen molar-refractivity contribution in [2.45, 2.75) is 17.6 Å². The van der Waals surface area contributed by atoms with Crippen molar-refractivity contribution in [2.75, 3.05) is 7.05 Å². The molecule has 3 heterocycles. The van der Waals surface area contributed by atoms with Gasteiger partial charge in [0.05, 0.1) is 28.7 Å². The molecule has 2 aliphatic rings. The van der Waals surface area contributed by atoms with Crippen LogP contribution in [-0.2, 0) is 0 Å². The Bertz CT molecular complexity index is 1500. The van der Waals surface area contributed by atoms with Crippen LogP contribution in [0.25, 0.3) is 0 Å². The number of rotatable bonds is 4. The summed E-state index contributed by atoms with van der Waals surface area (Å²) >= 11 is 0. The highest BCUT2D eigenvalue weighted by Gasteiger charge is 2.65. The summed E-state index contributed by atoms with van der Waals surface area (Å²) in [6.07, 6.45) is 0.512. The number of hydrogen-bond donors (Lipinski definition) is 0. The van der Waals surface area contributed by atoms with E-state index in [9.17, 15) is 14.9 Å². The highest BCUT2D eigenvalue weighted by atomic mass is 16.6. The maximum atomic E-state index is 14.6. The molecule has 4 aromatic rings. The number of carbonyl (C=O) groups is 1. The van der Waals surface area contributed by atoms with Gasteiger partial charge in [-0.25, -0.2) is 0 Å². The predicted molar refractivity (Wildman–Crippen MR) is 132 cm³/mol. The van der Waals surface area contributed by atoms with Gasteiger partial charge in [-0.2, -0.15) is 5.10 Å². The van der Waals surface area contributed by atoms with E-state index >= 15 is 0 Å². The molecule has 0 radical (unpaired) electrons. The second kappa shape index (κ2) is 8.20. The van der Waals surface area contributed by atoms with Crippen molar-refractivity contribution in [3.05, 3.63) is 130 Å². The predicted octanol–water partition coefficient (Wildman–Crippen LogP) is 5.38. The standard InChI is InChI=1S/C28H21N3O5/c1-30-28(26(32)20-14-8-9-15-22(20)36-27(28)19-12-6-3-7-13-19)23(18-10-4-2-5-11-18)24(29-30)25-21(31(33)34)16-17-35-25/h2-17,23,27H,1H3/t23-,27+,28?/m1/s1. The molecule has 0 amide bonds. The van der Waals surface area contributed by atoms with Crippen LogP contribution >= 0.6 is 0 Å². The number of para-hydroxylation sites is 1. The lowest BCUT2D eigenvalue weighted by molar-refractivity contribution is -0.385. The van der Waals surface area contributed by atoms with E-state index in [1.807, 2.05) is 66.7 Å². The van der Waals surface area contributed by atoms with E-state index in [2.05, 4.69) is 0 Å². The number of hydrogen-bond acceptors (Lipinski definition) is 7. The summed E-state index contributed by atoms with van der Waals surface area (Å²) in [7, 11) is 1.71. The van der Waals surface area contributed by atoms with Gasteiger partial charge in [-0.05, 0) is 23.3 Å². The van der Waals surface area contributed by atoms with Gasteiger partial charge in [0.15, 0.2) is 17.4 Å². The van der Waals surface area contributed by atoms with Gasteiger partial charge in [-0.1, -0.05) is 72.8 Å². The molecular weight excluding hydrogens is 458 g/mol. The Hall–Kier alpha value is -4.72. The zero-order valence-corrected chi connectivity index (χ0v) is 19.3. The first kappa shape index (κ1) is 21.8. The van der Waals surface area contributed by atoms with Crippen LogP contribution in [0.4, 0.5) is 5.69 Å². The molecule has 0 saturated carbocycles. The average molecular weight is 479 g/mol. The molecule has 8 heteroatoms. The topological polar surface area (TPSA) is 98.2 Å². The molecule has 0 saturated heterocycles. The Labute approximate surface area is 206 Å². The number of nitrogens with zero attached hydrogens (tertiary/aromatic N) is 3. The second-order valence-electron chi connectivity index (χ2n) is 8.80. The number of nitro groups is 1. The summed E-state index contributed by atoms with van der Waals surface area (Å²) in [6, 6.07) is 27.4. The Morgan fingerprint density at radius 3 is 2.25 bits per heavy atom. The Morgan fingerprint density at radius 2 is 1.56 bits per heavy atom. The molecule has 6 rings (SSSR count). The summed E-state index contributed by atoms with van der Waals surface area (Å²) in [5.41, 5.74) is 0.719. The molecule has 0 fully saturated rings. The monoisotopic (exact) mass is 479 g/mol. The van der Waals surface area contributed by atoms with Gasteiger partial charge in [0.1, 0.15) is 11.5 Å². The van der Waals surface area contributed by atoms with Crippen LogP contribution in [0.2, 0.25) is 0 Å². The van der Waals surface area contributed by atoms with E-state index in [0.717, 1.165) is 11.1 Å². The number of likely N-dealkylation sites (N-methyl/N-ethyl adjacent to an activating group) is 1. The maximum Gasteiger partial charge on any atom is 0.316 e. The summed E-state index contributed by atoms with van der Waals surface area (Å²) in [5.74, 6) is -0.391. The van der Waals surface area contributed by atoms with E-state index in [1.165, 1.54) is 12.3 Å². The van der Waals surface area contributed by atoms with E-state index in [-0.39, 0.29) is 17.2 Å². The van der Waals surface area contributed by atoms with Crippen molar-refractivity contribution in [2.24, 2.45) is 5.10 Å².